The van der Waals surface area contributed by atoms with Gasteiger partial charge in [-0.3, -0.25) is 9.69 Å². The van der Waals surface area contributed by atoms with Crippen LogP contribution in [0.2, 0.25) is 0 Å². The quantitative estimate of drug-likeness (QED) is 0.585. The molecule has 1 N–H and O–H groups in total. The summed E-state index contributed by atoms with van der Waals surface area (Å²) in [5.41, 5.74) is 2.32. The van der Waals surface area contributed by atoms with Crippen LogP contribution >= 0.6 is 23.1 Å². The number of carbonyl (C=O) groups excluding carboxylic acids is 1. The van der Waals surface area contributed by atoms with Crippen LogP contribution in [0.25, 0.3) is 10.2 Å². The lowest BCUT2D eigenvalue weighted by molar-refractivity contribution is -0.118. The molecule has 2 heterocycles. The van der Waals surface area contributed by atoms with E-state index < -0.39 is 0 Å². The van der Waals surface area contributed by atoms with Crippen molar-refractivity contribution in [1.82, 2.24) is 15.2 Å². The van der Waals surface area contributed by atoms with Gasteiger partial charge in [0, 0.05) is 44.2 Å². The second-order valence-corrected chi connectivity index (χ2v) is 9.30. The van der Waals surface area contributed by atoms with E-state index >= 15 is 0 Å². The average Bonchev–Trinajstić information content (AvgIpc) is 3.18. The Morgan fingerprint density at radius 1 is 1.10 bits per heavy atom. The van der Waals surface area contributed by atoms with Crippen molar-refractivity contribution in [2.45, 2.75) is 11.8 Å². The maximum atomic E-state index is 12.1. The molecule has 0 aliphatic carbocycles. The minimum Gasteiger partial charge on any atom is -0.354 e. The highest BCUT2D eigenvalue weighted by molar-refractivity contribution is 8.00. The zero-order valence-corrected chi connectivity index (χ0v) is 18.3. The molecular formula is C22H26N4OS2. The lowest BCUT2D eigenvalue weighted by Crippen LogP contribution is -2.48. The number of aromatic nitrogens is 1. The normalized spacial score (nSPS) is 15.0. The van der Waals surface area contributed by atoms with Gasteiger partial charge < -0.3 is 10.2 Å². The second-order valence-electron chi connectivity index (χ2n) is 7.24. The van der Waals surface area contributed by atoms with Crippen LogP contribution in [-0.4, -0.2) is 60.8 Å². The van der Waals surface area contributed by atoms with Crippen molar-refractivity contribution < 1.29 is 4.79 Å². The number of thioether (sulfide) groups is 1. The monoisotopic (exact) mass is 426 g/mol. The average molecular weight is 427 g/mol. The highest BCUT2D eigenvalue weighted by Gasteiger charge is 2.19. The Morgan fingerprint density at radius 2 is 1.86 bits per heavy atom. The van der Waals surface area contributed by atoms with Gasteiger partial charge in [0.2, 0.25) is 5.91 Å². The van der Waals surface area contributed by atoms with Gasteiger partial charge >= 0.3 is 0 Å². The predicted octanol–water partition coefficient (Wildman–Crippen LogP) is 3.64. The molecule has 2 aromatic carbocycles. The largest absolute Gasteiger partial charge is 0.354 e. The van der Waals surface area contributed by atoms with Crippen LogP contribution in [-0.2, 0) is 4.79 Å². The molecule has 0 unspecified atom stereocenters. The number of rotatable bonds is 7. The molecule has 1 amide bonds. The molecule has 5 nitrogen and oxygen atoms in total. The summed E-state index contributed by atoms with van der Waals surface area (Å²) in [5, 5.41) is 4.16. The number of para-hydroxylation sites is 1. The van der Waals surface area contributed by atoms with Crippen LogP contribution in [0.4, 0.5) is 5.13 Å². The number of hydrogen-bond acceptors (Lipinski definition) is 6. The molecule has 4 rings (SSSR count). The standard InChI is InChI=1S/C22H26N4OS2/c1-17-6-8-18(9-7-17)28-16-21(27)23-10-11-25-12-14-26(15-13-25)22-24-19-4-2-3-5-20(19)29-22/h2-9H,10-16H2,1H3,(H,23,27). The van der Waals surface area contributed by atoms with E-state index in [4.69, 9.17) is 4.98 Å². The Hall–Kier alpha value is -2.09. The smallest absolute Gasteiger partial charge is 0.230 e. The third-order valence-corrected chi connectivity index (χ3v) is 7.18. The fourth-order valence-electron chi connectivity index (χ4n) is 3.35. The molecular weight excluding hydrogens is 400 g/mol. The number of anilines is 1. The molecule has 0 bridgehead atoms. The first-order valence-corrected chi connectivity index (χ1v) is 11.8. The lowest BCUT2D eigenvalue weighted by Gasteiger charge is -2.34. The summed E-state index contributed by atoms with van der Waals surface area (Å²) in [6.07, 6.45) is 0. The fraction of sp³-hybridized carbons (Fsp3) is 0.364. The summed E-state index contributed by atoms with van der Waals surface area (Å²) in [6.45, 7) is 7.64. The first kappa shape index (κ1) is 20.2. The van der Waals surface area contributed by atoms with Crippen molar-refractivity contribution >= 4 is 44.4 Å². The summed E-state index contributed by atoms with van der Waals surface area (Å²) in [5.74, 6) is 0.567. The Labute approximate surface area is 180 Å². The van der Waals surface area contributed by atoms with Crippen molar-refractivity contribution in [2.75, 3.05) is 49.9 Å². The van der Waals surface area contributed by atoms with Crippen molar-refractivity contribution in [3.8, 4) is 0 Å². The van der Waals surface area contributed by atoms with Crippen molar-refractivity contribution in [1.29, 1.82) is 0 Å². The van der Waals surface area contributed by atoms with Crippen molar-refractivity contribution in [3.63, 3.8) is 0 Å². The van der Waals surface area contributed by atoms with E-state index in [1.807, 2.05) is 6.07 Å². The predicted molar refractivity (Wildman–Crippen MR) is 123 cm³/mol. The zero-order valence-electron chi connectivity index (χ0n) is 16.6. The molecule has 0 saturated carbocycles. The van der Waals surface area contributed by atoms with E-state index in [0.29, 0.717) is 12.3 Å². The Kier molecular flexibility index (Phi) is 6.69. The molecule has 0 spiro atoms. The highest BCUT2D eigenvalue weighted by atomic mass is 32.2. The minimum absolute atomic E-state index is 0.101. The lowest BCUT2D eigenvalue weighted by atomic mass is 10.2. The van der Waals surface area contributed by atoms with Gasteiger partial charge in [-0.2, -0.15) is 0 Å². The van der Waals surface area contributed by atoms with Crippen LogP contribution in [0.5, 0.6) is 0 Å². The number of carbonyl (C=O) groups is 1. The van der Waals surface area contributed by atoms with Crippen LogP contribution in [0.3, 0.4) is 0 Å². The summed E-state index contributed by atoms with van der Waals surface area (Å²) in [7, 11) is 0. The molecule has 1 aliphatic rings. The SMILES string of the molecule is Cc1ccc(SCC(=O)NCCN2CCN(c3nc4ccccc4s3)CC2)cc1. The number of piperazine rings is 1. The van der Waals surface area contributed by atoms with Crippen molar-refractivity contribution in [3.05, 3.63) is 54.1 Å². The Balaban J connectivity index is 1.15. The Morgan fingerprint density at radius 3 is 2.62 bits per heavy atom. The van der Waals surface area contributed by atoms with E-state index in [0.717, 1.165) is 48.3 Å². The summed E-state index contributed by atoms with van der Waals surface area (Å²) in [4.78, 5) is 22.8. The van der Waals surface area contributed by atoms with E-state index in [2.05, 4.69) is 64.5 Å². The molecule has 29 heavy (non-hydrogen) atoms. The van der Waals surface area contributed by atoms with E-state index in [1.165, 1.54) is 10.3 Å². The maximum Gasteiger partial charge on any atom is 0.230 e. The van der Waals surface area contributed by atoms with Gasteiger partial charge in [-0.15, -0.1) is 11.8 Å². The van der Waals surface area contributed by atoms with Gasteiger partial charge in [-0.05, 0) is 31.2 Å². The third-order valence-electron chi connectivity index (χ3n) is 5.07. The zero-order chi connectivity index (χ0) is 20.1. The van der Waals surface area contributed by atoms with E-state index in [-0.39, 0.29) is 5.91 Å². The molecule has 3 aromatic rings. The number of amides is 1. The molecule has 7 heteroatoms. The van der Waals surface area contributed by atoms with Crippen LogP contribution < -0.4 is 10.2 Å². The topological polar surface area (TPSA) is 48.5 Å². The van der Waals surface area contributed by atoms with Crippen LogP contribution in [0, 0.1) is 6.92 Å². The number of aryl methyl sites for hydroxylation is 1. The summed E-state index contributed by atoms with van der Waals surface area (Å²) < 4.78 is 1.25. The van der Waals surface area contributed by atoms with Gasteiger partial charge in [0.05, 0.1) is 16.0 Å². The molecule has 1 aromatic heterocycles. The number of thiazole rings is 1. The number of hydrogen-bond donors (Lipinski definition) is 1. The second kappa shape index (κ2) is 9.61. The highest BCUT2D eigenvalue weighted by Crippen LogP contribution is 2.29. The Bertz CT molecular complexity index is 916. The molecule has 0 radical (unpaired) electrons. The van der Waals surface area contributed by atoms with Gasteiger partial charge in [-0.1, -0.05) is 41.2 Å². The number of fused-ring (bicyclic) bond motifs is 1. The third kappa shape index (κ3) is 5.50. The number of benzene rings is 2. The fourth-order valence-corrected chi connectivity index (χ4v) is 5.09. The van der Waals surface area contributed by atoms with E-state index in [9.17, 15) is 4.79 Å². The van der Waals surface area contributed by atoms with Crippen LogP contribution in [0.1, 0.15) is 5.56 Å². The molecule has 1 saturated heterocycles. The number of nitrogens with zero attached hydrogens (tertiary/aromatic N) is 3. The van der Waals surface area contributed by atoms with Gasteiger partial charge in [0.15, 0.2) is 5.13 Å². The first-order valence-electron chi connectivity index (χ1n) is 9.96. The maximum absolute atomic E-state index is 12.1. The van der Waals surface area contributed by atoms with E-state index in [1.54, 1.807) is 23.1 Å². The first-order chi connectivity index (χ1) is 14.2. The van der Waals surface area contributed by atoms with Crippen LogP contribution in [0.15, 0.2) is 53.4 Å². The summed E-state index contributed by atoms with van der Waals surface area (Å²) in [6, 6.07) is 16.6. The van der Waals surface area contributed by atoms with Gasteiger partial charge in [-0.25, -0.2) is 4.98 Å². The molecule has 0 atom stereocenters. The molecule has 1 aliphatic heterocycles. The molecule has 152 valence electrons. The van der Waals surface area contributed by atoms with Gasteiger partial charge in [0.25, 0.3) is 0 Å². The summed E-state index contributed by atoms with van der Waals surface area (Å²) >= 11 is 3.35. The molecule has 1 fully saturated rings. The van der Waals surface area contributed by atoms with Crippen molar-refractivity contribution in [2.24, 2.45) is 0 Å². The minimum atomic E-state index is 0.101. The number of nitrogens with one attached hydrogen (secondary N) is 1. The van der Waals surface area contributed by atoms with Gasteiger partial charge in [0.1, 0.15) is 0 Å².